The van der Waals surface area contributed by atoms with E-state index in [0.29, 0.717) is 11.2 Å². The van der Waals surface area contributed by atoms with Crippen molar-refractivity contribution in [3.8, 4) is 0 Å². The summed E-state index contributed by atoms with van der Waals surface area (Å²) in [4.78, 5) is 0. The Balaban J connectivity index is 4.34. The van der Waals surface area contributed by atoms with Gasteiger partial charge in [-0.25, -0.2) is 0 Å². The van der Waals surface area contributed by atoms with Gasteiger partial charge >= 0.3 is 0 Å². The van der Waals surface area contributed by atoms with Gasteiger partial charge in [-0.2, -0.15) is 0 Å². The Labute approximate surface area is 71.8 Å². The van der Waals surface area contributed by atoms with Crippen molar-refractivity contribution in [1.29, 1.82) is 0 Å². The summed E-state index contributed by atoms with van der Waals surface area (Å²) in [5.41, 5.74) is 0. The van der Waals surface area contributed by atoms with Gasteiger partial charge in [0.2, 0.25) is 0 Å². The van der Waals surface area contributed by atoms with Crippen LogP contribution >= 0.6 is 0 Å². The van der Waals surface area contributed by atoms with Gasteiger partial charge in [-0.05, 0) is 19.8 Å². The van der Waals surface area contributed by atoms with Crippen molar-refractivity contribution >= 4 is 7.85 Å². The van der Waals surface area contributed by atoms with E-state index in [9.17, 15) is 0 Å². The van der Waals surface area contributed by atoms with Crippen molar-refractivity contribution in [1.82, 2.24) is 0 Å². The number of allylic oxidation sites excluding steroid dienone is 4. The molecule has 0 N–H and O–H groups in total. The summed E-state index contributed by atoms with van der Waals surface area (Å²) in [6.45, 7) is 8.67. The molecule has 0 unspecified atom stereocenters. The Kier molecular flexibility index (Phi) is 4.25. The quantitative estimate of drug-likeness (QED) is 0.428. The number of hydrogen-bond donors (Lipinski definition) is 0. The van der Waals surface area contributed by atoms with Crippen LogP contribution in [0.3, 0.4) is 0 Å². The van der Waals surface area contributed by atoms with Crippen LogP contribution in [-0.2, 0) is 0 Å². The molecule has 0 amide bonds. The fraction of sp³-hybridized carbons (Fsp3) is 0.600. The second kappa shape index (κ2) is 4.43. The Bertz CT molecular complexity index is 137. The van der Waals surface area contributed by atoms with Gasteiger partial charge in [0.1, 0.15) is 7.85 Å². The van der Waals surface area contributed by atoms with Gasteiger partial charge in [0.25, 0.3) is 0 Å². The Morgan fingerprint density at radius 1 is 1.09 bits per heavy atom. The normalized spacial score (nSPS) is 16.4. The lowest BCUT2D eigenvalue weighted by Gasteiger charge is -2.25. The highest BCUT2D eigenvalue weighted by Gasteiger charge is 2.18. The van der Waals surface area contributed by atoms with Crippen LogP contribution in [-0.4, -0.2) is 7.85 Å². The highest BCUT2D eigenvalue weighted by molar-refractivity contribution is 6.15. The first kappa shape index (κ1) is 10.5. The highest BCUT2D eigenvalue weighted by atomic mass is 14.2. The molecule has 0 aromatic heterocycles. The average Bonchev–Trinajstić information content (AvgIpc) is 1.85. The summed E-state index contributed by atoms with van der Waals surface area (Å²) in [6, 6.07) is 0. The van der Waals surface area contributed by atoms with Crippen molar-refractivity contribution in [3.63, 3.8) is 0 Å². The van der Waals surface area contributed by atoms with E-state index in [2.05, 4.69) is 59.8 Å². The first-order valence-electron chi connectivity index (χ1n) is 4.28. The van der Waals surface area contributed by atoms with Crippen LogP contribution in [0.5, 0.6) is 0 Å². The molecule has 0 aliphatic rings. The van der Waals surface area contributed by atoms with E-state index < -0.39 is 0 Å². The molecular weight excluding hydrogens is 131 g/mol. The third-order valence-electron chi connectivity index (χ3n) is 1.80. The molecule has 0 aliphatic carbocycles. The summed E-state index contributed by atoms with van der Waals surface area (Å²) in [5.74, 6) is 0.567. The van der Waals surface area contributed by atoms with E-state index in [1.165, 1.54) is 0 Å². The van der Waals surface area contributed by atoms with Gasteiger partial charge in [0, 0.05) is 0 Å². The fourth-order valence-corrected chi connectivity index (χ4v) is 1.06. The largest absolute Gasteiger partial charge is 0.109 e. The molecule has 62 valence electrons. The van der Waals surface area contributed by atoms with Gasteiger partial charge in [-0.3, -0.25) is 0 Å². The summed E-state index contributed by atoms with van der Waals surface area (Å²) in [5, 5.41) is 0.346. The van der Waals surface area contributed by atoms with Crippen LogP contribution in [0.25, 0.3) is 0 Å². The van der Waals surface area contributed by atoms with Crippen molar-refractivity contribution in [3.05, 3.63) is 24.3 Å². The van der Waals surface area contributed by atoms with E-state index >= 15 is 0 Å². The molecule has 0 aliphatic heterocycles. The lowest BCUT2D eigenvalue weighted by atomic mass is 9.63. The minimum Gasteiger partial charge on any atom is -0.0911 e. The maximum absolute atomic E-state index is 2.26. The first-order chi connectivity index (χ1) is 5.02. The Morgan fingerprint density at radius 2 is 1.45 bits per heavy atom. The molecule has 0 aromatic rings. The SMILES string of the molecule is BC(C)(C)C(C=CC)C=CC. The third kappa shape index (κ3) is 4.08. The molecule has 0 aromatic carbocycles. The van der Waals surface area contributed by atoms with Gasteiger partial charge in [-0.15, -0.1) is 0 Å². The molecule has 0 bridgehead atoms. The smallest absolute Gasteiger partial charge is 0.0911 e. The van der Waals surface area contributed by atoms with Crippen molar-refractivity contribution in [2.45, 2.75) is 33.0 Å². The average molecular weight is 150 g/mol. The molecule has 11 heavy (non-hydrogen) atoms. The van der Waals surface area contributed by atoms with Crippen molar-refractivity contribution in [2.75, 3.05) is 0 Å². The van der Waals surface area contributed by atoms with Crippen LogP contribution in [0.2, 0.25) is 5.31 Å². The maximum atomic E-state index is 2.26. The van der Waals surface area contributed by atoms with Crippen molar-refractivity contribution in [2.24, 2.45) is 5.92 Å². The topological polar surface area (TPSA) is 0 Å². The predicted octanol–water partition coefficient (Wildman–Crippen LogP) is 2.59. The maximum Gasteiger partial charge on any atom is 0.109 e. The Hall–Kier alpha value is -0.455. The van der Waals surface area contributed by atoms with Crippen LogP contribution in [0.4, 0.5) is 0 Å². The zero-order valence-corrected chi connectivity index (χ0v) is 8.39. The molecular formula is C10H19B. The molecule has 0 atom stereocenters. The Morgan fingerprint density at radius 3 is 1.64 bits per heavy atom. The van der Waals surface area contributed by atoms with E-state index in [4.69, 9.17) is 0 Å². The van der Waals surface area contributed by atoms with Crippen LogP contribution in [0, 0.1) is 5.92 Å². The van der Waals surface area contributed by atoms with Crippen LogP contribution < -0.4 is 0 Å². The van der Waals surface area contributed by atoms with E-state index in [1.807, 2.05) is 0 Å². The standard InChI is InChI=1S/C10H19B/c1-5-7-9(8-6-2)10(3,4)11/h5-9H,11H2,1-4H3. The summed E-state index contributed by atoms with van der Waals surface area (Å²) in [7, 11) is 2.26. The molecule has 0 spiro atoms. The zero-order valence-electron chi connectivity index (χ0n) is 8.39. The van der Waals surface area contributed by atoms with Gasteiger partial charge < -0.3 is 0 Å². The molecule has 1 heteroatoms. The van der Waals surface area contributed by atoms with Gasteiger partial charge in [0.15, 0.2) is 0 Å². The summed E-state index contributed by atoms with van der Waals surface area (Å²) < 4.78 is 0. The van der Waals surface area contributed by atoms with Crippen LogP contribution in [0.1, 0.15) is 27.7 Å². The first-order valence-corrected chi connectivity index (χ1v) is 4.28. The van der Waals surface area contributed by atoms with E-state index in [-0.39, 0.29) is 0 Å². The van der Waals surface area contributed by atoms with E-state index in [1.54, 1.807) is 0 Å². The molecule has 0 rings (SSSR count). The van der Waals surface area contributed by atoms with Crippen molar-refractivity contribution < 1.29 is 0 Å². The number of rotatable bonds is 3. The zero-order chi connectivity index (χ0) is 8.91. The second-order valence-electron chi connectivity index (χ2n) is 3.94. The minimum absolute atomic E-state index is 0.346. The van der Waals surface area contributed by atoms with Gasteiger partial charge in [-0.1, -0.05) is 43.5 Å². The fourth-order valence-electron chi connectivity index (χ4n) is 1.06. The summed E-state index contributed by atoms with van der Waals surface area (Å²) >= 11 is 0. The lowest BCUT2D eigenvalue weighted by molar-refractivity contribution is 0.576. The number of hydrogen-bond acceptors (Lipinski definition) is 0. The molecule has 0 saturated heterocycles. The third-order valence-corrected chi connectivity index (χ3v) is 1.80. The second-order valence-corrected chi connectivity index (χ2v) is 3.94. The molecule has 0 heterocycles. The monoisotopic (exact) mass is 150 g/mol. The molecule has 0 fully saturated rings. The molecule has 0 radical (unpaired) electrons. The summed E-state index contributed by atoms with van der Waals surface area (Å²) in [6.07, 6.45) is 8.74. The van der Waals surface area contributed by atoms with E-state index in [0.717, 1.165) is 0 Å². The highest BCUT2D eigenvalue weighted by Crippen LogP contribution is 2.32. The minimum atomic E-state index is 0.346. The molecule has 0 saturated carbocycles. The van der Waals surface area contributed by atoms with Crippen LogP contribution in [0.15, 0.2) is 24.3 Å². The molecule has 0 nitrogen and oxygen atoms in total. The predicted molar refractivity (Wildman–Crippen MR) is 55.7 cm³/mol. The lowest BCUT2D eigenvalue weighted by Crippen LogP contribution is -2.12. The van der Waals surface area contributed by atoms with Gasteiger partial charge in [0.05, 0.1) is 0 Å².